The van der Waals surface area contributed by atoms with Crippen LogP contribution in [-0.2, 0) is 0 Å². The van der Waals surface area contributed by atoms with E-state index in [1.807, 2.05) is 36.5 Å². The van der Waals surface area contributed by atoms with Gasteiger partial charge in [0, 0.05) is 51.8 Å². The maximum atomic E-state index is 6.20. The molecule has 0 N–H and O–H groups in total. The van der Waals surface area contributed by atoms with E-state index in [2.05, 4.69) is 76.6 Å². The molecule has 5 nitrogen and oxygen atoms in total. The van der Waals surface area contributed by atoms with Gasteiger partial charge < -0.3 is 8.83 Å². The summed E-state index contributed by atoms with van der Waals surface area (Å²) in [5, 5.41) is 6.51. The number of rotatable bonds is 3. The minimum atomic E-state index is 0.763. The Bertz CT molecular complexity index is 2010. The molecule has 37 heavy (non-hydrogen) atoms. The summed E-state index contributed by atoms with van der Waals surface area (Å²) in [5.74, 6) is 0.763. The molecule has 0 amide bonds. The number of para-hydroxylation sites is 1. The van der Waals surface area contributed by atoms with Gasteiger partial charge in [0.1, 0.15) is 22.6 Å². The molecule has 0 unspecified atom stereocenters. The third-order valence-corrected chi connectivity index (χ3v) is 6.99. The van der Waals surface area contributed by atoms with Crippen LogP contribution in [0, 0.1) is 0 Å². The van der Waals surface area contributed by atoms with E-state index in [0.717, 1.165) is 66.5 Å². The van der Waals surface area contributed by atoms with E-state index in [1.54, 1.807) is 12.4 Å². The highest BCUT2D eigenvalue weighted by Crippen LogP contribution is 2.40. The molecule has 174 valence electrons. The zero-order valence-electron chi connectivity index (χ0n) is 19.6. The molecule has 0 saturated heterocycles. The molecule has 0 aliphatic rings. The zero-order valence-corrected chi connectivity index (χ0v) is 19.6. The molecule has 8 aromatic rings. The van der Waals surface area contributed by atoms with Gasteiger partial charge in [-0.15, -0.1) is 0 Å². The van der Waals surface area contributed by atoms with Crippen molar-refractivity contribution in [2.45, 2.75) is 0 Å². The minimum absolute atomic E-state index is 0.763. The number of hydrogen-bond acceptors (Lipinski definition) is 5. The summed E-state index contributed by atoms with van der Waals surface area (Å²) in [4.78, 5) is 11.3. The average Bonchev–Trinajstić information content (AvgIpc) is 3.50. The molecule has 4 aromatic heterocycles. The lowest BCUT2D eigenvalue weighted by molar-refractivity contribution is 0.667. The Kier molecular flexibility index (Phi) is 4.16. The molecule has 4 heterocycles. The van der Waals surface area contributed by atoms with E-state index in [9.17, 15) is 0 Å². The summed E-state index contributed by atoms with van der Waals surface area (Å²) in [7, 11) is 0. The predicted octanol–water partition coefficient (Wildman–Crippen LogP) is 8.90. The molecule has 0 fully saturated rings. The van der Waals surface area contributed by atoms with Gasteiger partial charge in [-0.2, -0.15) is 0 Å². The van der Waals surface area contributed by atoms with Crippen LogP contribution in [-0.4, -0.2) is 9.97 Å². The summed E-state index contributed by atoms with van der Waals surface area (Å²) in [6.07, 6.45) is 5.45. The zero-order chi connectivity index (χ0) is 24.3. The number of aromatic nitrogens is 2. The maximum Gasteiger partial charge on any atom is 0.153 e. The van der Waals surface area contributed by atoms with E-state index in [4.69, 9.17) is 13.8 Å². The Morgan fingerprint density at radius 2 is 1.24 bits per heavy atom. The number of anilines is 3. The van der Waals surface area contributed by atoms with Crippen LogP contribution in [0.15, 0.2) is 124 Å². The van der Waals surface area contributed by atoms with Gasteiger partial charge in [-0.3, -0.25) is 9.88 Å². The Labute approximate surface area is 211 Å². The molecule has 0 saturated carbocycles. The molecule has 5 heteroatoms. The van der Waals surface area contributed by atoms with E-state index in [1.165, 1.54) is 5.39 Å². The lowest BCUT2D eigenvalue weighted by atomic mass is 10.1. The van der Waals surface area contributed by atoms with Crippen molar-refractivity contribution in [2.75, 3.05) is 4.90 Å². The highest BCUT2D eigenvalue weighted by molar-refractivity contribution is 6.07. The van der Waals surface area contributed by atoms with Crippen LogP contribution in [0.25, 0.3) is 54.6 Å². The fourth-order valence-corrected chi connectivity index (χ4v) is 5.22. The number of nitrogens with zero attached hydrogens (tertiary/aromatic N) is 3. The molecular weight excluding hydrogens is 458 g/mol. The maximum absolute atomic E-state index is 6.20. The Morgan fingerprint density at radius 1 is 0.514 bits per heavy atom. The first-order chi connectivity index (χ1) is 18.3. The Hall–Kier alpha value is -5.16. The Morgan fingerprint density at radius 3 is 2.22 bits per heavy atom. The monoisotopic (exact) mass is 477 g/mol. The molecule has 4 aromatic carbocycles. The first-order valence-corrected chi connectivity index (χ1v) is 12.1. The van der Waals surface area contributed by atoms with Gasteiger partial charge in [0.2, 0.25) is 0 Å². The highest BCUT2D eigenvalue weighted by atomic mass is 16.3. The van der Waals surface area contributed by atoms with Crippen LogP contribution in [0.1, 0.15) is 0 Å². The first-order valence-electron chi connectivity index (χ1n) is 12.1. The summed E-state index contributed by atoms with van der Waals surface area (Å²) in [5.41, 5.74) is 5.17. The number of pyridine rings is 2. The van der Waals surface area contributed by atoms with Gasteiger partial charge in [0.15, 0.2) is 5.58 Å². The molecular formula is C32H19N3O2. The second-order valence-corrected chi connectivity index (χ2v) is 9.16. The fraction of sp³-hybridized carbons (Fsp3) is 0. The summed E-state index contributed by atoms with van der Waals surface area (Å²) in [6, 6.07) is 33.1. The number of furan rings is 2. The molecule has 0 aliphatic carbocycles. The topological polar surface area (TPSA) is 55.3 Å². The number of fused-ring (bicyclic) bond motifs is 7. The fourth-order valence-electron chi connectivity index (χ4n) is 5.22. The van der Waals surface area contributed by atoms with E-state index < -0.39 is 0 Å². The second kappa shape index (κ2) is 7.67. The lowest BCUT2D eigenvalue weighted by Crippen LogP contribution is -2.11. The number of benzene rings is 4. The van der Waals surface area contributed by atoms with Crippen LogP contribution in [0.2, 0.25) is 0 Å². The largest absolute Gasteiger partial charge is 0.456 e. The standard InChI is InChI=1S/C32H19N3O2/c1-2-6-21-15-22(10-9-20(21)5-1)35(23-11-12-25-26-13-14-33-19-31(26)37-29(25)16-23)32-17-30-27(18-34-32)24-7-3-4-8-28(24)36-30/h1-19H. The van der Waals surface area contributed by atoms with Crippen LogP contribution in [0.3, 0.4) is 0 Å². The van der Waals surface area contributed by atoms with Crippen molar-refractivity contribution in [1.82, 2.24) is 9.97 Å². The van der Waals surface area contributed by atoms with Crippen LogP contribution in [0.4, 0.5) is 17.2 Å². The molecule has 0 radical (unpaired) electrons. The summed E-state index contributed by atoms with van der Waals surface area (Å²) < 4.78 is 12.4. The Balaban J connectivity index is 1.37. The predicted molar refractivity (Wildman–Crippen MR) is 149 cm³/mol. The molecule has 0 bridgehead atoms. The number of hydrogen-bond donors (Lipinski definition) is 0. The molecule has 0 aliphatic heterocycles. The van der Waals surface area contributed by atoms with Crippen molar-refractivity contribution in [3.05, 3.63) is 116 Å². The van der Waals surface area contributed by atoms with Crippen molar-refractivity contribution in [2.24, 2.45) is 0 Å². The quantitative estimate of drug-likeness (QED) is 0.254. The first kappa shape index (κ1) is 20.1. The van der Waals surface area contributed by atoms with Gasteiger partial charge >= 0.3 is 0 Å². The molecule has 0 spiro atoms. The van der Waals surface area contributed by atoms with Gasteiger partial charge in [-0.25, -0.2) is 4.98 Å². The lowest BCUT2D eigenvalue weighted by Gasteiger charge is -2.24. The smallest absolute Gasteiger partial charge is 0.153 e. The van der Waals surface area contributed by atoms with Crippen molar-refractivity contribution in [3.63, 3.8) is 0 Å². The average molecular weight is 478 g/mol. The van der Waals surface area contributed by atoms with Crippen LogP contribution in [0.5, 0.6) is 0 Å². The minimum Gasteiger partial charge on any atom is -0.456 e. The SMILES string of the molecule is c1ccc2cc(N(c3ccc4c(c3)oc3cnccc34)c3cc4oc5ccccc5c4cn3)ccc2c1. The second-order valence-electron chi connectivity index (χ2n) is 9.16. The van der Waals surface area contributed by atoms with Crippen molar-refractivity contribution in [3.8, 4) is 0 Å². The van der Waals surface area contributed by atoms with E-state index in [0.29, 0.717) is 0 Å². The van der Waals surface area contributed by atoms with Crippen molar-refractivity contribution < 1.29 is 8.83 Å². The van der Waals surface area contributed by atoms with Gasteiger partial charge in [0.25, 0.3) is 0 Å². The highest BCUT2D eigenvalue weighted by Gasteiger charge is 2.18. The van der Waals surface area contributed by atoms with Gasteiger partial charge in [-0.05, 0) is 47.2 Å². The van der Waals surface area contributed by atoms with Gasteiger partial charge in [0.05, 0.1) is 11.9 Å². The molecule has 0 atom stereocenters. The normalized spacial score (nSPS) is 11.8. The van der Waals surface area contributed by atoms with Crippen LogP contribution < -0.4 is 4.90 Å². The van der Waals surface area contributed by atoms with Crippen LogP contribution >= 0.6 is 0 Å². The summed E-state index contributed by atoms with van der Waals surface area (Å²) >= 11 is 0. The summed E-state index contributed by atoms with van der Waals surface area (Å²) in [6.45, 7) is 0. The van der Waals surface area contributed by atoms with Gasteiger partial charge in [-0.1, -0.05) is 48.5 Å². The third-order valence-electron chi connectivity index (χ3n) is 6.99. The van der Waals surface area contributed by atoms with Crippen molar-refractivity contribution >= 4 is 71.8 Å². The molecule has 8 rings (SSSR count). The van der Waals surface area contributed by atoms with Crippen molar-refractivity contribution in [1.29, 1.82) is 0 Å². The van der Waals surface area contributed by atoms with E-state index in [-0.39, 0.29) is 0 Å². The van der Waals surface area contributed by atoms with E-state index >= 15 is 0 Å². The third kappa shape index (κ3) is 3.11.